The lowest BCUT2D eigenvalue weighted by atomic mass is 9.40. The Morgan fingerprint density at radius 2 is 1.79 bits per heavy atom. The van der Waals surface area contributed by atoms with E-state index in [2.05, 4.69) is 13.8 Å². The van der Waals surface area contributed by atoms with E-state index in [9.17, 15) is 19.8 Å². The molecule has 1 spiro atoms. The van der Waals surface area contributed by atoms with Crippen molar-refractivity contribution in [3.63, 3.8) is 0 Å². The molecule has 134 valence electrons. The summed E-state index contributed by atoms with van der Waals surface area (Å²) in [6.45, 7) is 6.05. The lowest BCUT2D eigenvalue weighted by molar-refractivity contribution is -0.210. The van der Waals surface area contributed by atoms with Crippen molar-refractivity contribution in [2.45, 2.75) is 71.8 Å². The van der Waals surface area contributed by atoms with Crippen LogP contribution in [0.4, 0.5) is 0 Å². The number of aliphatic hydroxyl groups excluding tert-OH is 1. The molecule has 4 saturated carbocycles. The topological polar surface area (TPSA) is 74.6 Å². The summed E-state index contributed by atoms with van der Waals surface area (Å²) in [5.41, 5.74) is -1.51. The van der Waals surface area contributed by atoms with Gasteiger partial charge in [-0.25, -0.2) is 0 Å². The molecule has 2 bridgehead atoms. The van der Waals surface area contributed by atoms with E-state index in [1.54, 1.807) is 0 Å². The van der Waals surface area contributed by atoms with Crippen LogP contribution in [0, 0.1) is 39.9 Å². The van der Waals surface area contributed by atoms with Gasteiger partial charge in [-0.3, -0.25) is 9.59 Å². The SMILES string of the molecule is C[C@@H]1C(=O)[C@]23CC[C@@H]4[C@](C)([C@H](O)CC[C@]4(C)C(=O)O)[C@H]2CC[C@H]1C3. The van der Waals surface area contributed by atoms with Crippen molar-refractivity contribution in [1.82, 2.24) is 0 Å². The van der Waals surface area contributed by atoms with Gasteiger partial charge < -0.3 is 10.2 Å². The Labute approximate surface area is 144 Å². The van der Waals surface area contributed by atoms with Crippen LogP contribution < -0.4 is 0 Å². The molecule has 0 heterocycles. The van der Waals surface area contributed by atoms with Crippen LogP contribution in [0.3, 0.4) is 0 Å². The van der Waals surface area contributed by atoms with E-state index in [0.717, 1.165) is 32.1 Å². The molecular weight excluding hydrogens is 304 g/mol. The third-order valence-corrected chi connectivity index (χ3v) is 9.02. The number of hydrogen-bond acceptors (Lipinski definition) is 3. The van der Waals surface area contributed by atoms with Gasteiger partial charge in [0.15, 0.2) is 0 Å². The van der Waals surface area contributed by atoms with Crippen LogP contribution in [0.1, 0.15) is 65.7 Å². The van der Waals surface area contributed by atoms with Gasteiger partial charge in [0.05, 0.1) is 11.5 Å². The summed E-state index contributed by atoms with van der Waals surface area (Å²) in [6.07, 6.45) is 5.17. The molecule has 24 heavy (non-hydrogen) atoms. The van der Waals surface area contributed by atoms with Crippen LogP contribution in [-0.4, -0.2) is 28.1 Å². The number of carboxylic acids is 1. The maximum atomic E-state index is 13.2. The molecule has 0 aromatic carbocycles. The summed E-state index contributed by atoms with van der Waals surface area (Å²) >= 11 is 0. The quantitative estimate of drug-likeness (QED) is 0.772. The third kappa shape index (κ3) is 1.69. The Hall–Kier alpha value is -0.900. The zero-order valence-electron chi connectivity index (χ0n) is 15.0. The largest absolute Gasteiger partial charge is 0.481 e. The molecule has 4 aliphatic rings. The molecule has 0 unspecified atom stereocenters. The highest BCUT2D eigenvalue weighted by Gasteiger charge is 2.70. The molecule has 8 atom stereocenters. The average molecular weight is 334 g/mol. The highest BCUT2D eigenvalue weighted by atomic mass is 16.4. The predicted molar refractivity (Wildman–Crippen MR) is 89.2 cm³/mol. The summed E-state index contributed by atoms with van der Waals surface area (Å²) in [7, 11) is 0. The molecule has 0 aromatic rings. The first-order valence-electron chi connectivity index (χ1n) is 9.63. The maximum absolute atomic E-state index is 13.2. The molecule has 4 aliphatic carbocycles. The van der Waals surface area contributed by atoms with Crippen LogP contribution in [0.15, 0.2) is 0 Å². The van der Waals surface area contributed by atoms with Gasteiger partial charge in [-0.05, 0) is 69.6 Å². The van der Waals surface area contributed by atoms with E-state index < -0.39 is 22.9 Å². The fraction of sp³-hybridized carbons (Fsp3) is 0.900. The monoisotopic (exact) mass is 334 g/mol. The molecule has 0 aromatic heterocycles. The van der Waals surface area contributed by atoms with Gasteiger partial charge in [0.1, 0.15) is 5.78 Å². The lowest BCUT2D eigenvalue weighted by Crippen LogP contribution is -2.64. The summed E-state index contributed by atoms with van der Waals surface area (Å²) in [4.78, 5) is 25.2. The molecule has 4 rings (SSSR count). The van der Waals surface area contributed by atoms with Crippen LogP contribution in [0.5, 0.6) is 0 Å². The van der Waals surface area contributed by atoms with Crippen LogP contribution >= 0.6 is 0 Å². The number of carbonyl (C=O) groups excluding carboxylic acids is 1. The van der Waals surface area contributed by atoms with Crippen molar-refractivity contribution in [3.8, 4) is 0 Å². The number of rotatable bonds is 1. The highest BCUT2D eigenvalue weighted by Crippen LogP contribution is 2.71. The molecule has 0 saturated heterocycles. The van der Waals surface area contributed by atoms with Crippen LogP contribution in [0.25, 0.3) is 0 Å². The number of aliphatic hydroxyl groups is 1. The Morgan fingerprint density at radius 1 is 1.08 bits per heavy atom. The summed E-state index contributed by atoms with van der Waals surface area (Å²) in [5, 5.41) is 20.9. The second-order valence-electron chi connectivity index (χ2n) is 9.64. The van der Waals surface area contributed by atoms with E-state index in [1.165, 1.54) is 0 Å². The standard InChI is InChI=1S/C20H30O4/c1-11-12-4-5-14-19(3)13(6-9-20(14,10-12)16(11)22)18(2,17(23)24)8-7-15(19)21/h11-15,21H,4-10H2,1-3H3,(H,23,24)/t11-,12-,13-,14+,15+,18-,19-,20-/m0/s1. The van der Waals surface area contributed by atoms with Gasteiger partial charge >= 0.3 is 5.97 Å². The number of aliphatic carboxylic acids is 1. The van der Waals surface area contributed by atoms with Crippen LogP contribution in [0.2, 0.25) is 0 Å². The first-order chi connectivity index (χ1) is 11.2. The molecule has 4 nitrogen and oxygen atoms in total. The van der Waals surface area contributed by atoms with Gasteiger partial charge in [-0.2, -0.15) is 0 Å². The number of fused-ring (bicyclic) bond motifs is 3. The zero-order valence-corrected chi connectivity index (χ0v) is 15.0. The van der Waals surface area contributed by atoms with E-state index in [0.29, 0.717) is 24.5 Å². The second-order valence-corrected chi connectivity index (χ2v) is 9.64. The van der Waals surface area contributed by atoms with Crippen molar-refractivity contribution in [2.75, 3.05) is 0 Å². The Morgan fingerprint density at radius 3 is 2.46 bits per heavy atom. The summed E-state index contributed by atoms with van der Waals surface area (Å²) in [5.74, 6) is 0.418. The molecule has 0 aliphatic heterocycles. The van der Waals surface area contributed by atoms with Crippen molar-refractivity contribution >= 4 is 11.8 Å². The zero-order chi connectivity index (χ0) is 17.5. The van der Waals surface area contributed by atoms with Crippen LogP contribution in [-0.2, 0) is 9.59 Å². The first kappa shape index (κ1) is 16.6. The second kappa shape index (κ2) is 4.84. The molecule has 0 amide bonds. The minimum atomic E-state index is -0.778. The fourth-order valence-electron chi connectivity index (χ4n) is 7.64. The highest BCUT2D eigenvalue weighted by molar-refractivity contribution is 5.90. The van der Waals surface area contributed by atoms with Gasteiger partial charge in [-0.1, -0.05) is 13.8 Å². The summed E-state index contributed by atoms with van der Waals surface area (Å²) in [6, 6.07) is 0. The lowest BCUT2D eigenvalue weighted by Gasteiger charge is -2.64. The molecular formula is C20H30O4. The Balaban J connectivity index is 1.82. The van der Waals surface area contributed by atoms with Crippen molar-refractivity contribution < 1.29 is 19.8 Å². The Kier molecular flexibility index (Phi) is 3.34. The molecule has 0 radical (unpaired) electrons. The smallest absolute Gasteiger partial charge is 0.309 e. The number of hydrogen-bond donors (Lipinski definition) is 2. The number of ketones is 1. The van der Waals surface area contributed by atoms with E-state index in [1.807, 2.05) is 6.92 Å². The minimum absolute atomic E-state index is 0.0397. The third-order valence-electron chi connectivity index (χ3n) is 9.02. The molecule has 4 fully saturated rings. The van der Waals surface area contributed by atoms with Gasteiger partial charge in [0.2, 0.25) is 0 Å². The Bertz CT molecular complexity index is 600. The van der Waals surface area contributed by atoms with Gasteiger partial charge in [0, 0.05) is 16.7 Å². The van der Waals surface area contributed by atoms with Gasteiger partial charge in [-0.15, -0.1) is 0 Å². The van der Waals surface area contributed by atoms with Crippen molar-refractivity contribution in [3.05, 3.63) is 0 Å². The maximum Gasteiger partial charge on any atom is 0.309 e. The van der Waals surface area contributed by atoms with E-state index in [4.69, 9.17) is 0 Å². The number of Topliss-reactive ketones (excluding diaryl/α,β-unsaturated/α-hetero) is 1. The van der Waals surface area contributed by atoms with E-state index in [-0.39, 0.29) is 23.2 Å². The minimum Gasteiger partial charge on any atom is -0.481 e. The van der Waals surface area contributed by atoms with Gasteiger partial charge in [0.25, 0.3) is 0 Å². The fourth-order valence-corrected chi connectivity index (χ4v) is 7.64. The average Bonchev–Trinajstić information content (AvgIpc) is 2.72. The van der Waals surface area contributed by atoms with E-state index >= 15 is 0 Å². The number of carboxylic acid groups (broad SMARTS) is 1. The number of carbonyl (C=O) groups is 2. The van der Waals surface area contributed by atoms with Crippen molar-refractivity contribution in [2.24, 2.45) is 39.9 Å². The molecule has 4 heteroatoms. The normalized spacial score (nSPS) is 56.5. The predicted octanol–water partition coefficient (Wildman–Crippen LogP) is 3.27. The van der Waals surface area contributed by atoms with Crippen molar-refractivity contribution in [1.29, 1.82) is 0 Å². The summed E-state index contributed by atoms with van der Waals surface area (Å²) < 4.78 is 0. The molecule has 2 N–H and O–H groups in total. The first-order valence-corrected chi connectivity index (χ1v) is 9.63.